The van der Waals surface area contributed by atoms with Gasteiger partial charge in [0.05, 0.1) is 5.92 Å². The minimum absolute atomic E-state index is 0.00697. The summed E-state index contributed by atoms with van der Waals surface area (Å²) in [7, 11) is 0. The molecule has 1 amide bonds. The van der Waals surface area contributed by atoms with Gasteiger partial charge in [-0.1, -0.05) is 23.7 Å². The predicted octanol–water partition coefficient (Wildman–Crippen LogP) is 2.95. The highest BCUT2D eigenvalue weighted by atomic mass is 35.5. The normalized spacial score (nSPS) is 20.0. The number of rotatable bonds is 3. The Morgan fingerprint density at radius 2 is 1.83 bits per heavy atom. The van der Waals surface area contributed by atoms with Crippen LogP contribution in [-0.2, 0) is 4.79 Å². The van der Waals surface area contributed by atoms with Crippen LogP contribution in [0.15, 0.2) is 48.7 Å². The van der Waals surface area contributed by atoms with Crippen molar-refractivity contribution >= 4 is 34.8 Å². The highest BCUT2D eigenvalue weighted by Gasteiger charge is 2.32. The molecule has 2 fully saturated rings. The van der Waals surface area contributed by atoms with Crippen LogP contribution < -0.4 is 9.80 Å². The first-order chi connectivity index (χ1) is 14.7. The largest absolute Gasteiger partial charge is 0.368 e. The van der Waals surface area contributed by atoms with E-state index in [0.717, 1.165) is 67.9 Å². The van der Waals surface area contributed by atoms with Crippen LogP contribution >= 0.6 is 11.6 Å². The molecule has 30 heavy (non-hydrogen) atoms. The zero-order valence-electron chi connectivity index (χ0n) is 16.8. The number of benzene rings is 1. The van der Waals surface area contributed by atoms with Crippen LogP contribution in [0, 0.1) is 5.92 Å². The lowest BCUT2D eigenvalue weighted by molar-refractivity contribution is -0.136. The fraction of sp³-hybridized carbons (Fsp3) is 0.409. The Kier molecular flexibility index (Phi) is 5.21. The second-order valence-electron chi connectivity index (χ2n) is 8.01. The lowest BCUT2D eigenvalue weighted by Crippen LogP contribution is -2.52. The summed E-state index contributed by atoms with van der Waals surface area (Å²) < 4.78 is 2.00. The third kappa shape index (κ3) is 3.69. The molecule has 0 spiro atoms. The van der Waals surface area contributed by atoms with E-state index in [1.807, 2.05) is 51.9 Å². The first kappa shape index (κ1) is 19.2. The summed E-state index contributed by atoms with van der Waals surface area (Å²) in [6.07, 6.45) is 3.90. The van der Waals surface area contributed by atoms with Crippen molar-refractivity contribution in [3.8, 4) is 0 Å². The molecule has 2 aliphatic heterocycles. The van der Waals surface area contributed by atoms with E-state index in [1.165, 1.54) is 0 Å². The van der Waals surface area contributed by atoms with Gasteiger partial charge in [-0.2, -0.15) is 0 Å². The molecular formula is C22H25ClN6O. The molecule has 0 radical (unpaired) electrons. The summed E-state index contributed by atoms with van der Waals surface area (Å²) in [5.74, 6) is 1.10. The summed E-state index contributed by atoms with van der Waals surface area (Å²) in [5, 5.41) is 9.38. The van der Waals surface area contributed by atoms with Gasteiger partial charge in [0.15, 0.2) is 5.65 Å². The van der Waals surface area contributed by atoms with E-state index in [-0.39, 0.29) is 11.8 Å². The van der Waals surface area contributed by atoms with Gasteiger partial charge in [-0.3, -0.25) is 9.20 Å². The van der Waals surface area contributed by atoms with Gasteiger partial charge >= 0.3 is 0 Å². The van der Waals surface area contributed by atoms with E-state index in [1.54, 1.807) is 0 Å². The molecule has 5 rings (SSSR count). The van der Waals surface area contributed by atoms with Gasteiger partial charge in [-0.05, 0) is 43.2 Å². The van der Waals surface area contributed by atoms with Crippen LogP contribution in [0.5, 0.6) is 0 Å². The third-order valence-electron chi connectivity index (χ3n) is 6.11. The van der Waals surface area contributed by atoms with Gasteiger partial charge in [-0.15, -0.1) is 10.2 Å². The number of hydrogen-bond acceptors (Lipinski definition) is 5. The number of piperazine rings is 1. The fourth-order valence-electron chi connectivity index (χ4n) is 4.52. The molecular weight excluding hydrogens is 400 g/mol. The highest BCUT2D eigenvalue weighted by Crippen LogP contribution is 2.25. The molecule has 2 aliphatic rings. The van der Waals surface area contributed by atoms with E-state index in [9.17, 15) is 4.79 Å². The maximum absolute atomic E-state index is 13.2. The lowest BCUT2D eigenvalue weighted by atomic mass is 9.96. The zero-order chi connectivity index (χ0) is 20.5. The van der Waals surface area contributed by atoms with Crippen molar-refractivity contribution in [1.82, 2.24) is 19.5 Å². The molecule has 156 valence electrons. The van der Waals surface area contributed by atoms with Crippen LogP contribution in [0.4, 0.5) is 11.6 Å². The van der Waals surface area contributed by atoms with E-state index < -0.39 is 0 Å². The van der Waals surface area contributed by atoms with Gasteiger partial charge in [0.1, 0.15) is 0 Å². The summed E-state index contributed by atoms with van der Waals surface area (Å²) >= 11 is 6.13. The molecule has 0 aliphatic carbocycles. The van der Waals surface area contributed by atoms with Crippen LogP contribution in [0.1, 0.15) is 12.8 Å². The van der Waals surface area contributed by atoms with Gasteiger partial charge in [0.25, 0.3) is 0 Å². The first-order valence-corrected chi connectivity index (χ1v) is 10.9. The predicted molar refractivity (Wildman–Crippen MR) is 118 cm³/mol. The minimum atomic E-state index is 0.00697. The fourth-order valence-corrected chi connectivity index (χ4v) is 4.71. The quantitative estimate of drug-likeness (QED) is 0.647. The number of carbonyl (C=O) groups excluding carboxylic acids is 1. The third-order valence-corrected chi connectivity index (χ3v) is 6.35. The average Bonchev–Trinajstić information content (AvgIpc) is 3.23. The number of aromatic nitrogens is 3. The standard InChI is InChI=1S/C22H25ClN6O/c23-18-6-3-7-19(15-18)26-11-13-27(14-12-26)21(30)17-5-4-9-28(16-17)22-25-24-20-8-1-2-10-29(20)22/h1-3,6-8,10,15,17H,4-5,9,11-14,16H2/t17-/m0/s1. The average molecular weight is 425 g/mol. The molecule has 8 heteroatoms. The monoisotopic (exact) mass is 424 g/mol. The molecule has 2 saturated heterocycles. The molecule has 2 aromatic heterocycles. The maximum atomic E-state index is 13.2. The van der Waals surface area contributed by atoms with Crippen LogP contribution in [-0.4, -0.2) is 64.7 Å². The second kappa shape index (κ2) is 8.14. The molecule has 1 atom stereocenters. The molecule has 0 N–H and O–H groups in total. The Balaban J connectivity index is 1.23. The van der Waals surface area contributed by atoms with Crippen molar-refractivity contribution in [2.45, 2.75) is 12.8 Å². The van der Waals surface area contributed by atoms with E-state index in [4.69, 9.17) is 11.6 Å². The van der Waals surface area contributed by atoms with Crippen molar-refractivity contribution in [3.63, 3.8) is 0 Å². The van der Waals surface area contributed by atoms with E-state index in [0.29, 0.717) is 6.54 Å². The van der Waals surface area contributed by atoms with Crippen molar-refractivity contribution in [2.24, 2.45) is 5.92 Å². The van der Waals surface area contributed by atoms with Crippen LogP contribution in [0.3, 0.4) is 0 Å². The number of halogens is 1. The molecule has 3 aromatic rings. The Morgan fingerprint density at radius 3 is 2.67 bits per heavy atom. The number of pyridine rings is 1. The molecule has 0 bridgehead atoms. The Morgan fingerprint density at radius 1 is 0.967 bits per heavy atom. The lowest BCUT2D eigenvalue weighted by Gasteiger charge is -2.39. The maximum Gasteiger partial charge on any atom is 0.231 e. The van der Waals surface area contributed by atoms with E-state index >= 15 is 0 Å². The first-order valence-electron chi connectivity index (χ1n) is 10.5. The van der Waals surface area contributed by atoms with Crippen LogP contribution in [0.2, 0.25) is 5.02 Å². The van der Waals surface area contributed by atoms with Gasteiger partial charge in [0.2, 0.25) is 11.9 Å². The summed E-state index contributed by atoms with van der Waals surface area (Å²) in [6.45, 7) is 4.76. The molecule has 0 saturated carbocycles. The number of fused-ring (bicyclic) bond motifs is 1. The topological polar surface area (TPSA) is 57.0 Å². The Bertz CT molecular complexity index is 1040. The van der Waals surface area contributed by atoms with Gasteiger partial charge in [0, 0.05) is 56.2 Å². The summed E-state index contributed by atoms with van der Waals surface area (Å²) in [6, 6.07) is 13.8. The number of hydrogen-bond donors (Lipinski definition) is 0. The number of piperidine rings is 1. The SMILES string of the molecule is O=C([C@H]1CCCN(c2nnc3ccccn23)C1)N1CCN(c2cccc(Cl)c2)CC1. The summed E-state index contributed by atoms with van der Waals surface area (Å²) in [4.78, 5) is 19.8. The van der Waals surface area contributed by atoms with Crippen molar-refractivity contribution < 1.29 is 4.79 Å². The van der Waals surface area contributed by atoms with Crippen molar-refractivity contribution in [1.29, 1.82) is 0 Å². The number of carbonyl (C=O) groups is 1. The second-order valence-corrected chi connectivity index (χ2v) is 8.44. The molecule has 7 nitrogen and oxygen atoms in total. The number of anilines is 2. The zero-order valence-corrected chi connectivity index (χ0v) is 17.6. The Hall–Kier alpha value is -2.80. The smallest absolute Gasteiger partial charge is 0.231 e. The number of nitrogens with zero attached hydrogens (tertiary/aromatic N) is 6. The number of amides is 1. The molecule has 4 heterocycles. The van der Waals surface area contributed by atoms with Gasteiger partial charge in [-0.25, -0.2) is 0 Å². The van der Waals surface area contributed by atoms with Crippen molar-refractivity contribution in [2.75, 3.05) is 49.1 Å². The van der Waals surface area contributed by atoms with E-state index in [2.05, 4.69) is 26.1 Å². The van der Waals surface area contributed by atoms with Crippen LogP contribution in [0.25, 0.3) is 5.65 Å². The molecule has 0 unspecified atom stereocenters. The Labute approximate surface area is 180 Å². The highest BCUT2D eigenvalue weighted by molar-refractivity contribution is 6.30. The molecule has 1 aromatic carbocycles. The van der Waals surface area contributed by atoms with Crippen molar-refractivity contribution in [3.05, 3.63) is 53.7 Å². The minimum Gasteiger partial charge on any atom is -0.368 e. The van der Waals surface area contributed by atoms with Gasteiger partial charge < -0.3 is 14.7 Å². The summed E-state index contributed by atoms with van der Waals surface area (Å²) in [5.41, 5.74) is 1.95.